The minimum absolute atomic E-state index is 0.673. The van der Waals surface area contributed by atoms with Crippen LogP contribution in [0.25, 0.3) is 0 Å². The zero-order valence-corrected chi connectivity index (χ0v) is 12.2. The van der Waals surface area contributed by atoms with Gasteiger partial charge in [-0.25, -0.2) is 0 Å². The fourth-order valence-electron chi connectivity index (χ4n) is 2.58. The van der Waals surface area contributed by atoms with Crippen LogP contribution in [0.15, 0.2) is 4.42 Å². The van der Waals surface area contributed by atoms with Gasteiger partial charge in [-0.05, 0) is 38.1 Å². The van der Waals surface area contributed by atoms with Gasteiger partial charge in [0.1, 0.15) is 0 Å². The smallest absolute Gasteiger partial charge is 0.318 e. The molecule has 0 saturated carbocycles. The Labute approximate surface area is 115 Å². The SMILES string of the molecule is CCCNCc1nnc(N2CCCC(CC)CC2)o1. The van der Waals surface area contributed by atoms with Gasteiger partial charge in [0, 0.05) is 13.1 Å². The van der Waals surface area contributed by atoms with E-state index in [0.717, 1.165) is 32.0 Å². The quantitative estimate of drug-likeness (QED) is 0.802. The lowest BCUT2D eigenvalue weighted by molar-refractivity contribution is 0.451. The van der Waals surface area contributed by atoms with Gasteiger partial charge in [-0.3, -0.25) is 0 Å². The minimum Gasteiger partial charge on any atom is -0.407 e. The highest BCUT2D eigenvalue weighted by molar-refractivity contribution is 5.24. The predicted octanol–water partition coefficient (Wildman–Crippen LogP) is 2.59. The highest BCUT2D eigenvalue weighted by Gasteiger charge is 2.19. The summed E-state index contributed by atoms with van der Waals surface area (Å²) in [5.41, 5.74) is 0. The molecule has 2 heterocycles. The number of hydrogen-bond donors (Lipinski definition) is 1. The monoisotopic (exact) mass is 266 g/mol. The maximum atomic E-state index is 5.74. The normalized spacial score (nSPS) is 20.5. The van der Waals surface area contributed by atoms with Crippen LogP contribution in [-0.2, 0) is 6.54 Å². The number of nitrogens with one attached hydrogen (secondary N) is 1. The molecule has 0 spiro atoms. The van der Waals surface area contributed by atoms with E-state index >= 15 is 0 Å². The van der Waals surface area contributed by atoms with E-state index in [2.05, 4.69) is 34.3 Å². The molecule has 1 fully saturated rings. The number of nitrogens with zero attached hydrogens (tertiary/aromatic N) is 3. The van der Waals surface area contributed by atoms with Crippen LogP contribution in [0.5, 0.6) is 0 Å². The van der Waals surface area contributed by atoms with Crippen LogP contribution in [0.4, 0.5) is 6.01 Å². The first-order valence-corrected chi connectivity index (χ1v) is 7.61. The number of aromatic nitrogens is 2. The van der Waals surface area contributed by atoms with Crippen LogP contribution >= 0.6 is 0 Å². The van der Waals surface area contributed by atoms with Gasteiger partial charge in [0.05, 0.1) is 6.54 Å². The maximum absolute atomic E-state index is 5.74. The highest BCUT2D eigenvalue weighted by Crippen LogP contribution is 2.23. The summed E-state index contributed by atoms with van der Waals surface area (Å²) in [6.45, 7) is 8.17. The predicted molar refractivity (Wildman–Crippen MR) is 76.1 cm³/mol. The van der Waals surface area contributed by atoms with Crippen molar-refractivity contribution in [2.45, 2.75) is 52.5 Å². The molecule has 1 aromatic rings. The second-order valence-electron chi connectivity index (χ2n) is 5.35. The second-order valence-corrected chi connectivity index (χ2v) is 5.35. The third-order valence-electron chi connectivity index (χ3n) is 3.85. The lowest BCUT2D eigenvalue weighted by Gasteiger charge is -2.17. The van der Waals surface area contributed by atoms with Crippen molar-refractivity contribution in [2.75, 3.05) is 24.5 Å². The molecule has 1 N–H and O–H groups in total. The topological polar surface area (TPSA) is 54.2 Å². The maximum Gasteiger partial charge on any atom is 0.318 e. The molecule has 0 amide bonds. The molecule has 0 radical (unpaired) electrons. The molecule has 0 aromatic carbocycles. The van der Waals surface area contributed by atoms with Crippen molar-refractivity contribution in [2.24, 2.45) is 5.92 Å². The van der Waals surface area contributed by atoms with Gasteiger partial charge < -0.3 is 14.6 Å². The number of rotatable bonds is 6. The molecule has 0 bridgehead atoms. The van der Waals surface area contributed by atoms with E-state index in [1.54, 1.807) is 0 Å². The summed E-state index contributed by atoms with van der Waals surface area (Å²) >= 11 is 0. The first-order valence-electron chi connectivity index (χ1n) is 7.61. The Kier molecular flexibility index (Phi) is 5.63. The van der Waals surface area contributed by atoms with E-state index in [1.807, 2.05) is 0 Å². The Balaban J connectivity index is 1.87. The zero-order chi connectivity index (χ0) is 13.5. The standard InChI is InChI=1S/C14H26N4O/c1-3-8-15-11-13-16-17-14(19-13)18-9-5-6-12(4-2)7-10-18/h12,15H,3-11H2,1-2H3. The Morgan fingerprint density at radius 2 is 2.16 bits per heavy atom. The third-order valence-corrected chi connectivity index (χ3v) is 3.85. The molecule has 2 rings (SSSR count). The van der Waals surface area contributed by atoms with Crippen molar-refractivity contribution in [3.8, 4) is 0 Å². The van der Waals surface area contributed by atoms with Crippen LogP contribution < -0.4 is 10.2 Å². The minimum atomic E-state index is 0.673. The summed E-state index contributed by atoms with van der Waals surface area (Å²) < 4.78 is 5.74. The Morgan fingerprint density at radius 3 is 2.95 bits per heavy atom. The van der Waals surface area contributed by atoms with Gasteiger partial charge in [-0.15, -0.1) is 5.10 Å². The second kappa shape index (κ2) is 7.48. The molecular formula is C14H26N4O. The van der Waals surface area contributed by atoms with Crippen LogP contribution in [0, 0.1) is 5.92 Å². The van der Waals surface area contributed by atoms with Gasteiger partial charge in [-0.1, -0.05) is 25.4 Å². The van der Waals surface area contributed by atoms with Crippen molar-refractivity contribution in [3.63, 3.8) is 0 Å². The van der Waals surface area contributed by atoms with Gasteiger partial charge >= 0.3 is 6.01 Å². The van der Waals surface area contributed by atoms with Crippen LogP contribution in [0.1, 0.15) is 51.8 Å². The molecule has 1 aliphatic rings. The van der Waals surface area contributed by atoms with E-state index in [-0.39, 0.29) is 0 Å². The molecule has 5 heteroatoms. The van der Waals surface area contributed by atoms with E-state index in [0.29, 0.717) is 18.5 Å². The Hall–Kier alpha value is -1.10. The van der Waals surface area contributed by atoms with Crippen molar-refractivity contribution >= 4 is 6.01 Å². The van der Waals surface area contributed by atoms with E-state index < -0.39 is 0 Å². The molecule has 1 aliphatic heterocycles. The average Bonchev–Trinajstić information content (AvgIpc) is 2.76. The summed E-state index contributed by atoms with van der Waals surface area (Å²) in [5, 5.41) is 11.6. The zero-order valence-electron chi connectivity index (χ0n) is 12.2. The molecule has 0 aliphatic carbocycles. The highest BCUT2D eigenvalue weighted by atomic mass is 16.4. The van der Waals surface area contributed by atoms with Crippen molar-refractivity contribution in [3.05, 3.63) is 5.89 Å². The van der Waals surface area contributed by atoms with E-state index in [1.165, 1.54) is 25.7 Å². The number of hydrogen-bond acceptors (Lipinski definition) is 5. The van der Waals surface area contributed by atoms with Crippen molar-refractivity contribution in [1.82, 2.24) is 15.5 Å². The Bertz CT molecular complexity index is 366. The van der Waals surface area contributed by atoms with Gasteiger partial charge in [0.2, 0.25) is 5.89 Å². The molecule has 5 nitrogen and oxygen atoms in total. The Morgan fingerprint density at radius 1 is 1.26 bits per heavy atom. The number of anilines is 1. The molecule has 108 valence electrons. The summed E-state index contributed by atoms with van der Waals surface area (Å²) in [6.07, 6.45) is 6.19. The van der Waals surface area contributed by atoms with Crippen LogP contribution in [0.3, 0.4) is 0 Å². The van der Waals surface area contributed by atoms with Gasteiger partial charge in [0.25, 0.3) is 0 Å². The van der Waals surface area contributed by atoms with Crippen molar-refractivity contribution < 1.29 is 4.42 Å². The molecule has 1 saturated heterocycles. The fourth-order valence-corrected chi connectivity index (χ4v) is 2.58. The lowest BCUT2D eigenvalue weighted by atomic mass is 9.98. The molecule has 1 aromatic heterocycles. The summed E-state index contributed by atoms with van der Waals surface area (Å²) in [5.74, 6) is 1.55. The van der Waals surface area contributed by atoms with E-state index in [9.17, 15) is 0 Å². The van der Waals surface area contributed by atoms with Crippen molar-refractivity contribution in [1.29, 1.82) is 0 Å². The van der Waals surface area contributed by atoms with Crippen LogP contribution in [-0.4, -0.2) is 29.8 Å². The van der Waals surface area contributed by atoms with Gasteiger partial charge in [-0.2, -0.15) is 0 Å². The van der Waals surface area contributed by atoms with Gasteiger partial charge in [0.15, 0.2) is 0 Å². The summed E-state index contributed by atoms with van der Waals surface area (Å²) in [6, 6.07) is 0.699. The lowest BCUT2D eigenvalue weighted by Crippen LogP contribution is -2.24. The first kappa shape index (κ1) is 14.3. The molecule has 1 unspecified atom stereocenters. The summed E-state index contributed by atoms with van der Waals surface area (Å²) in [7, 11) is 0. The third kappa shape index (κ3) is 4.20. The summed E-state index contributed by atoms with van der Waals surface area (Å²) in [4.78, 5) is 2.24. The molecule has 19 heavy (non-hydrogen) atoms. The first-order chi connectivity index (χ1) is 9.33. The average molecular weight is 266 g/mol. The molecule has 1 atom stereocenters. The fraction of sp³-hybridized carbons (Fsp3) is 0.857. The van der Waals surface area contributed by atoms with Crippen LogP contribution in [0.2, 0.25) is 0 Å². The van der Waals surface area contributed by atoms with E-state index in [4.69, 9.17) is 4.42 Å². The largest absolute Gasteiger partial charge is 0.407 e. The molecular weight excluding hydrogens is 240 g/mol.